The Kier molecular flexibility index (Phi) is 8.46. The van der Waals surface area contributed by atoms with Gasteiger partial charge in [0.15, 0.2) is 0 Å². The minimum absolute atomic E-state index is 0.0115. The fourth-order valence-corrected chi connectivity index (χ4v) is 6.26. The summed E-state index contributed by atoms with van der Waals surface area (Å²) >= 11 is 0. The number of nitrogens with zero attached hydrogens (tertiary/aromatic N) is 2. The monoisotopic (exact) mass is 524 g/mol. The predicted octanol–water partition coefficient (Wildman–Crippen LogP) is 5.83. The lowest BCUT2D eigenvalue weighted by atomic mass is 9.86. The normalized spacial score (nSPS) is 23.9. The molecule has 0 spiro atoms. The summed E-state index contributed by atoms with van der Waals surface area (Å²) in [5.41, 5.74) is 5.16. The third-order valence-electron chi connectivity index (χ3n) is 8.30. The molecular formula is C31H41FN2O4. The largest absolute Gasteiger partial charge is 0.480 e. The Morgan fingerprint density at radius 2 is 2.08 bits per heavy atom. The van der Waals surface area contributed by atoms with Crippen molar-refractivity contribution < 1.29 is 23.8 Å². The minimum atomic E-state index is -0.965. The highest BCUT2D eigenvalue weighted by atomic mass is 19.1. The molecule has 0 bridgehead atoms. The van der Waals surface area contributed by atoms with E-state index < -0.39 is 17.8 Å². The molecule has 6 nitrogen and oxygen atoms in total. The molecule has 2 unspecified atom stereocenters. The number of rotatable bonds is 10. The molecule has 1 aromatic carbocycles. The van der Waals surface area contributed by atoms with Crippen LogP contribution in [-0.4, -0.2) is 53.4 Å². The van der Waals surface area contributed by atoms with Crippen molar-refractivity contribution in [2.24, 2.45) is 5.41 Å². The summed E-state index contributed by atoms with van der Waals surface area (Å²) < 4.78 is 26.5. The SMILES string of the molecule is CC1(C)COC(c2ccc(F)cc2C(C(=O)O)N2CC[C@@H](OCCCCc3ccc4c(n3)CCCC4)C2)C1. The number of ether oxygens (including phenoxy) is 2. The summed E-state index contributed by atoms with van der Waals surface area (Å²) in [7, 11) is 0. The summed E-state index contributed by atoms with van der Waals surface area (Å²) in [5.74, 6) is -1.39. The third kappa shape index (κ3) is 6.44. The highest BCUT2D eigenvalue weighted by Gasteiger charge is 2.39. The number of benzene rings is 1. The molecule has 3 heterocycles. The van der Waals surface area contributed by atoms with E-state index in [2.05, 4.69) is 26.0 Å². The van der Waals surface area contributed by atoms with E-state index in [4.69, 9.17) is 14.5 Å². The van der Waals surface area contributed by atoms with Gasteiger partial charge in [-0.25, -0.2) is 4.39 Å². The molecule has 0 amide bonds. The average molecular weight is 525 g/mol. The number of unbranched alkanes of at least 4 members (excludes halogenated alkanes) is 1. The van der Waals surface area contributed by atoms with Crippen molar-refractivity contribution in [3.8, 4) is 0 Å². The van der Waals surface area contributed by atoms with Gasteiger partial charge in [-0.3, -0.25) is 14.7 Å². The van der Waals surface area contributed by atoms with Gasteiger partial charge >= 0.3 is 5.97 Å². The van der Waals surface area contributed by atoms with E-state index >= 15 is 0 Å². The maximum atomic E-state index is 14.3. The molecular weight excluding hydrogens is 483 g/mol. The molecule has 3 atom stereocenters. The summed E-state index contributed by atoms with van der Waals surface area (Å²) in [6, 6.07) is 7.99. The quantitative estimate of drug-likeness (QED) is 0.395. The first-order valence-corrected chi connectivity index (χ1v) is 14.3. The summed E-state index contributed by atoms with van der Waals surface area (Å²) in [6.07, 6.45) is 9.01. The molecule has 3 aliphatic rings. The lowest BCUT2D eigenvalue weighted by molar-refractivity contribution is -0.143. The Morgan fingerprint density at radius 3 is 2.87 bits per heavy atom. The Labute approximate surface area is 225 Å². The average Bonchev–Trinajstić information content (AvgIpc) is 3.49. The van der Waals surface area contributed by atoms with Crippen LogP contribution in [0.1, 0.15) is 92.6 Å². The highest BCUT2D eigenvalue weighted by Crippen LogP contribution is 2.43. The van der Waals surface area contributed by atoms with Gasteiger partial charge in [0, 0.05) is 31.1 Å². The molecule has 2 aliphatic heterocycles. The van der Waals surface area contributed by atoms with Crippen molar-refractivity contribution in [1.29, 1.82) is 0 Å². The van der Waals surface area contributed by atoms with E-state index in [1.165, 1.54) is 41.9 Å². The molecule has 2 saturated heterocycles. The molecule has 38 heavy (non-hydrogen) atoms. The molecule has 206 valence electrons. The first-order chi connectivity index (χ1) is 18.3. The van der Waals surface area contributed by atoms with E-state index in [9.17, 15) is 14.3 Å². The van der Waals surface area contributed by atoms with Crippen molar-refractivity contribution in [2.75, 3.05) is 26.3 Å². The van der Waals surface area contributed by atoms with Crippen LogP contribution in [-0.2, 0) is 33.5 Å². The zero-order chi connectivity index (χ0) is 26.7. The summed E-state index contributed by atoms with van der Waals surface area (Å²) in [6.45, 7) is 6.66. The predicted molar refractivity (Wildman–Crippen MR) is 144 cm³/mol. The number of aryl methyl sites for hydroxylation is 3. The van der Waals surface area contributed by atoms with Crippen LogP contribution in [0.3, 0.4) is 0 Å². The van der Waals surface area contributed by atoms with Gasteiger partial charge in [-0.05, 0) is 98.1 Å². The van der Waals surface area contributed by atoms with Crippen LogP contribution in [0, 0.1) is 11.2 Å². The van der Waals surface area contributed by atoms with Gasteiger partial charge in [0.1, 0.15) is 11.9 Å². The van der Waals surface area contributed by atoms with E-state index in [0.29, 0.717) is 31.9 Å². The lowest BCUT2D eigenvalue weighted by Crippen LogP contribution is -2.34. The fourth-order valence-electron chi connectivity index (χ4n) is 6.26. The molecule has 1 aromatic heterocycles. The van der Waals surface area contributed by atoms with Crippen LogP contribution in [0.2, 0.25) is 0 Å². The first kappa shape index (κ1) is 27.2. The maximum absolute atomic E-state index is 14.3. The Morgan fingerprint density at radius 1 is 1.24 bits per heavy atom. The van der Waals surface area contributed by atoms with Crippen LogP contribution >= 0.6 is 0 Å². The maximum Gasteiger partial charge on any atom is 0.325 e. The minimum Gasteiger partial charge on any atom is -0.480 e. The number of aromatic nitrogens is 1. The first-order valence-electron chi connectivity index (χ1n) is 14.3. The standard InChI is InChI=1S/C31H41FN2O4/c1-31(2)18-28(38-20-31)25-13-11-22(32)17-26(25)29(30(35)36)34-15-14-24(19-34)37-16-6-5-8-23-12-10-21-7-3-4-9-27(21)33-23/h10-13,17,24,28-29H,3-9,14-16,18-20H2,1-2H3,(H,35,36)/t24-,28?,29?/m1/s1. The number of halogens is 1. The van der Waals surface area contributed by atoms with Gasteiger partial charge < -0.3 is 14.6 Å². The van der Waals surface area contributed by atoms with Crippen LogP contribution in [0.4, 0.5) is 4.39 Å². The van der Waals surface area contributed by atoms with Crippen molar-refractivity contribution in [1.82, 2.24) is 9.88 Å². The van der Waals surface area contributed by atoms with Crippen LogP contribution in [0.5, 0.6) is 0 Å². The number of carbonyl (C=O) groups is 1. The third-order valence-corrected chi connectivity index (χ3v) is 8.30. The molecule has 1 N–H and O–H groups in total. The van der Waals surface area contributed by atoms with Gasteiger partial charge in [0.25, 0.3) is 0 Å². The van der Waals surface area contributed by atoms with Crippen molar-refractivity contribution in [3.05, 3.63) is 64.2 Å². The number of fused-ring (bicyclic) bond motifs is 1. The van der Waals surface area contributed by atoms with Gasteiger partial charge in [0.2, 0.25) is 0 Å². The van der Waals surface area contributed by atoms with Gasteiger partial charge in [-0.15, -0.1) is 0 Å². The Hall–Kier alpha value is -2.35. The summed E-state index contributed by atoms with van der Waals surface area (Å²) in [4.78, 5) is 19.3. The molecule has 2 aromatic rings. The number of likely N-dealkylation sites (tertiary alicyclic amines) is 1. The number of aliphatic carboxylic acids is 1. The van der Waals surface area contributed by atoms with Gasteiger partial charge in [0.05, 0.1) is 18.8 Å². The number of pyridine rings is 1. The second-order valence-corrected chi connectivity index (χ2v) is 12.0. The second-order valence-electron chi connectivity index (χ2n) is 12.0. The number of carboxylic acids is 1. The zero-order valence-electron chi connectivity index (χ0n) is 22.8. The number of hydrogen-bond acceptors (Lipinski definition) is 5. The van der Waals surface area contributed by atoms with Crippen molar-refractivity contribution in [3.63, 3.8) is 0 Å². The van der Waals surface area contributed by atoms with Crippen molar-refractivity contribution in [2.45, 2.75) is 89.9 Å². The molecule has 2 fully saturated rings. The van der Waals surface area contributed by atoms with Gasteiger partial charge in [-0.1, -0.05) is 26.0 Å². The molecule has 5 rings (SSSR count). The zero-order valence-corrected chi connectivity index (χ0v) is 22.8. The van der Waals surface area contributed by atoms with E-state index in [1.54, 1.807) is 6.07 Å². The molecule has 1 aliphatic carbocycles. The Balaban J connectivity index is 1.14. The lowest BCUT2D eigenvalue weighted by Gasteiger charge is -2.28. The van der Waals surface area contributed by atoms with Crippen LogP contribution in [0.15, 0.2) is 30.3 Å². The van der Waals surface area contributed by atoms with Crippen molar-refractivity contribution >= 4 is 5.97 Å². The smallest absolute Gasteiger partial charge is 0.325 e. The van der Waals surface area contributed by atoms with Gasteiger partial charge in [-0.2, -0.15) is 0 Å². The topological polar surface area (TPSA) is 71.9 Å². The van der Waals surface area contributed by atoms with E-state index in [0.717, 1.165) is 50.5 Å². The van der Waals surface area contributed by atoms with Crippen LogP contribution < -0.4 is 0 Å². The molecule has 0 radical (unpaired) electrons. The number of carboxylic acid groups (broad SMARTS) is 1. The Bertz CT molecular complexity index is 1140. The van der Waals surface area contributed by atoms with E-state index in [1.807, 2.05) is 4.90 Å². The molecule has 7 heteroatoms. The van der Waals surface area contributed by atoms with E-state index in [-0.39, 0.29) is 17.6 Å². The second kappa shape index (κ2) is 11.8. The molecule has 0 saturated carbocycles. The number of hydrogen-bond donors (Lipinski definition) is 1. The van der Waals surface area contributed by atoms with Crippen LogP contribution in [0.25, 0.3) is 0 Å². The highest BCUT2D eigenvalue weighted by molar-refractivity contribution is 5.76. The summed E-state index contributed by atoms with van der Waals surface area (Å²) in [5, 5.41) is 10.2. The fraction of sp³-hybridized carbons (Fsp3) is 0.613.